The average Bonchev–Trinajstić information content (AvgIpc) is 3.31. The molecular weight excluding hydrogens is 328 g/mol. The summed E-state index contributed by atoms with van der Waals surface area (Å²) < 4.78 is 5.95. The Morgan fingerprint density at radius 3 is 1.37 bits per heavy atom. The molecule has 0 saturated carbocycles. The molecule has 0 amide bonds. The fraction of sp³-hybridized carbons (Fsp3) is 0.0769. The molecule has 122 valence electrons. The molecular formula is C26H12O. The Kier molecular flexibility index (Phi) is 3.67. The summed E-state index contributed by atoms with van der Waals surface area (Å²) in [5, 5.41) is 3.52. The van der Waals surface area contributed by atoms with E-state index in [0.29, 0.717) is 0 Å². The largest absolute Gasteiger partial charge is 0.356 e. The Labute approximate surface area is 159 Å². The van der Waals surface area contributed by atoms with Gasteiger partial charge in [0.15, 0.2) is 0 Å². The maximum Gasteiger partial charge on any atom is 0.111 e. The molecule has 0 N–H and O–H groups in total. The van der Waals surface area contributed by atoms with Crippen LogP contribution in [0.15, 0.2) is 60.7 Å². The van der Waals surface area contributed by atoms with Gasteiger partial charge in [-0.05, 0) is 36.4 Å². The zero-order chi connectivity index (χ0) is 18.1. The molecule has 0 aliphatic carbocycles. The fourth-order valence-corrected chi connectivity index (χ4v) is 3.23. The second-order valence-corrected chi connectivity index (χ2v) is 6.28. The molecule has 0 radical (unpaired) electrons. The van der Waals surface area contributed by atoms with Crippen molar-refractivity contribution in [2.75, 3.05) is 0 Å². The molecule has 2 atom stereocenters. The monoisotopic (exact) mass is 340 g/mol. The smallest absolute Gasteiger partial charge is 0.111 e. The maximum absolute atomic E-state index is 5.95. The van der Waals surface area contributed by atoms with Gasteiger partial charge in [-0.15, -0.1) is 0 Å². The molecule has 3 aromatic rings. The third-order valence-corrected chi connectivity index (χ3v) is 4.59. The van der Waals surface area contributed by atoms with Gasteiger partial charge in [-0.1, -0.05) is 72.8 Å². The average molecular weight is 340 g/mol. The van der Waals surface area contributed by atoms with Crippen LogP contribution >= 0.6 is 0 Å². The van der Waals surface area contributed by atoms with Crippen molar-refractivity contribution >= 4 is 21.5 Å². The molecule has 0 saturated heterocycles. The van der Waals surface area contributed by atoms with Gasteiger partial charge in [0.2, 0.25) is 0 Å². The van der Waals surface area contributed by atoms with Crippen LogP contribution in [0.25, 0.3) is 21.5 Å². The number of benzene rings is 2. The lowest BCUT2D eigenvalue weighted by Crippen LogP contribution is -1.87. The Balaban J connectivity index is 1.86. The SMILES string of the molecule is c1c#cc2ccccc2c#cc2c(c#cc3ccccc3c#1)[C@@H]1C=C[C@H]2O1. The molecule has 2 heterocycles. The van der Waals surface area contributed by atoms with E-state index in [1.165, 1.54) is 0 Å². The second-order valence-electron chi connectivity index (χ2n) is 6.28. The highest BCUT2D eigenvalue weighted by Gasteiger charge is 2.33. The summed E-state index contributed by atoms with van der Waals surface area (Å²) in [5.41, 5.74) is 1.89. The number of ether oxygens (including phenoxy) is 1. The summed E-state index contributed by atoms with van der Waals surface area (Å²) in [6.45, 7) is 0. The quantitative estimate of drug-likeness (QED) is 0.503. The Morgan fingerprint density at radius 1 is 0.519 bits per heavy atom. The predicted octanol–water partition coefficient (Wildman–Crippen LogP) is 5.33. The van der Waals surface area contributed by atoms with Crippen molar-refractivity contribution in [2.24, 2.45) is 0 Å². The first-order valence-electron chi connectivity index (χ1n) is 8.70. The van der Waals surface area contributed by atoms with E-state index in [4.69, 9.17) is 4.74 Å². The minimum atomic E-state index is -0.104. The van der Waals surface area contributed by atoms with E-state index in [9.17, 15) is 0 Å². The summed E-state index contributed by atoms with van der Waals surface area (Å²) >= 11 is 0. The highest BCUT2D eigenvalue weighted by atomic mass is 16.5. The Morgan fingerprint density at radius 2 is 0.926 bits per heavy atom. The summed E-state index contributed by atoms with van der Waals surface area (Å²) in [4.78, 5) is 0. The van der Waals surface area contributed by atoms with Crippen LogP contribution in [-0.2, 0) is 4.74 Å². The van der Waals surface area contributed by atoms with E-state index >= 15 is 0 Å². The number of rotatable bonds is 0. The van der Waals surface area contributed by atoms with Gasteiger partial charge in [-0.25, -0.2) is 0 Å². The van der Waals surface area contributed by atoms with Crippen LogP contribution in [0.3, 0.4) is 0 Å². The topological polar surface area (TPSA) is 9.23 Å². The molecule has 2 bridgehead atoms. The molecule has 0 unspecified atom stereocenters. The van der Waals surface area contributed by atoms with Crippen molar-refractivity contribution in [3.8, 4) is 0 Å². The van der Waals surface area contributed by atoms with Crippen LogP contribution in [0.5, 0.6) is 0 Å². The van der Waals surface area contributed by atoms with Crippen molar-refractivity contribution in [2.45, 2.75) is 12.2 Å². The molecule has 1 heteroatoms. The van der Waals surface area contributed by atoms with Crippen LogP contribution in [0.4, 0.5) is 0 Å². The van der Waals surface area contributed by atoms with Crippen molar-refractivity contribution in [1.82, 2.24) is 0 Å². The van der Waals surface area contributed by atoms with Gasteiger partial charge in [0.05, 0.1) is 0 Å². The highest BCUT2D eigenvalue weighted by molar-refractivity contribution is 5.79. The van der Waals surface area contributed by atoms with Crippen LogP contribution in [0.2, 0.25) is 0 Å². The van der Waals surface area contributed by atoms with E-state index in [-0.39, 0.29) is 12.2 Å². The molecule has 2 aliphatic rings. The molecule has 27 heavy (non-hydrogen) atoms. The van der Waals surface area contributed by atoms with Gasteiger partial charge in [0.25, 0.3) is 0 Å². The lowest BCUT2D eigenvalue weighted by molar-refractivity contribution is 0.0878. The van der Waals surface area contributed by atoms with Crippen LogP contribution in [0.1, 0.15) is 23.3 Å². The van der Waals surface area contributed by atoms with E-state index in [1.807, 2.05) is 60.7 Å². The first-order valence-corrected chi connectivity index (χ1v) is 8.70. The van der Waals surface area contributed by atoms with E-state index in [0.717, 1.165) is 32.7 Å². The molecule has 0 fully saturated rings. The third kappa shape index (κ3) is 2.84. The van der Waals surface area contributed by atoms with E-state index in [2.05, 4.69) is 48.5 Å². The van der Waals surface area contributed by atoms with Crippen LogP contribution < -0.4 is 0 Å². The Hall–Kier alpha value is -3.88. The van der Waals surface area contributed by atoms with Crippen LogP contribution in [-0.4, -0.2) is 0 Å². The van der Waals surface area contributed by atoms with Gasteiger partial charge in [-0.3, -0.25) is 0 Å². The number of hydrogen-bond acceptors (Lipinski definition) is 1. The fourth-order valence-electron chi connectivity index (χ4n) is 3.23. The van der Waals surface area contributed by atoms with Gasteiger partial charge in [-0.2, -0.15) is 0 Å². The summed E-state index contributed by atoms with van der Waals surface area (Å²) in [5.74, 6) is 0. The number of hydrogen-bond donors (Lipinski definition) is 0. The van der Waals surface area contributed by atoms with E-state index < -0.39 is 0 Å². The lowest BCUT2D eigenvalue weighted by atomic mass is 10.0. The highest BCUT2D eigenvalue weighted by Crippen LogP contribution is 2.43. The van der Waals surface area contributed by atoms with Crippen LogP contribution in [0, 0.1) is 48.5 Å². The minimum absolute atomic E-state index is 0.104. The van der Waals surface area contributed by atoms with Gasteiger partial charge < -0.3 is 4.74 Å². The van der Waals surface area contributed by atoms with Crippen molar-refractivity contribution in [1.29, 1.82) is 0 Å². The molecule has 3 aromatic carbocycles. The van der Waals surface area contributed by atoms with Crippen molar-refractivity contribution < 1.29 is 4.74 Å². The molecule has 0 spiro atoms. The Bertz CT molecular complexity index is 1080. The minimum Gasteiger partial charge on any atom is -0.356 e. The van der Waals surface area contributed by atoms with Gasteiger partial charge in [0.1, 0.15) is 12.2 Å². The second kappa shape index (κ2) is 6.45. The van der Waals surface area contributed by atoms with Crippen molar-refractivity contribution in [3.05, 3.63) is 120 Å². The summed E-state index contributed by atoms with van der Waals surface area (Å²) in [6.07, 6.45) is 3.89. The lowest BCUT2D eigenvalue weighted by Gasteiger charge is -1.97. The normalized spacial score (nSPS) is 17.6. The zero-order valence-corrected chi connectivity index (χ0v) is 14.3. The van der Waals surface area contributed by atoms with Gasteiger partial charge in [0, 0.05) is 32.7 Å². The molecule has 2 aliphatic heterocycles. The number of fused-ring (bicyclic) bond motifs is 7. The standard InChI is InChI=1S/C26H12O/c1-2-8-20-10-4-6-12-22(20)14-16-24-23(25-17-18-26(24)27-25)15-13-21-11-5-3-9-19(21)7-1/h3-6,9-12,17-18,25-26H/t25-,26+. The van der Waals surface area contributed by atoms with Gasteiger partial charge >= 0.3 is 0 Å². The summed E-state index contributed by atoms with van der Waals surface area (Å²) in [7, 11) is 0. The molecule has 1 nitrogen and oxygen atoms in total. The predicted molar refractivity (Wildman–Crippen MR) is 103 cm³/mol. The summed E-state index contributed by atoms with van der Waals surface area (Å²) in [6, 6.07) is 40.9. The maximum atomic E-state index is 5.95. The van der Waals surface area contributed by atoms with E-state index in [1.54, 1.807) is 0 Å². The third-order valence-electron chi connectivity index (χ3n) is 4.59. The first-order chi connectivity index (χ1) is 13.4. The molecule has 5 rings (SSSR count). The first kappa shape index (κ1) is 15.4. The molecule has 0 aromatic heterocycles. The zero-order valence-electron chi connectivity index (χ0n) is 14.3. The van der Waals surface area contributed by atoms with Crippen molar-refractivity contribution in [3.63, 3.8) is 0 Å².